The molecular formula is C12H14N4O2. The first kappa shape index (κ1) is 12.1. The average molecular weight is 246 g/mol. The summed E-state index contributed by atoms with van der Waals surface area (Å²) in [7, 11) is 1.80. The van der Waals surface area contributed by atoms with Crippen LogP contribution in [-0.4, -0.2) is 33.1 Å². The van der Waals surface area contributed by atoms with Crippen LogP contribution < -0.4 is 4.90 Å². The Morgan fingerprint density at radius 3 is 2.94 bits per heavy atom. The highest BCUT2D eigenvalue weighted by atomic mass is 16.4. The highest BCUT2D eigenvalue weighted by Gasteiger charge is 2.16. The van der Waals surface area contributed by atoms with E-state index in [1.165, 1.54) is 6.20 Å². The summed E-state index contributed by atoms with van der Waals surface area (Å²) in [5.41, 5.74) is 1.10. The molecule has 0 unspecified atom stereocenters. The summed E-state index contributed by atoms with van der Waals surface area (Å²) < 4.78 is 0. The van der Waals surface area contributed by atoms with Crippen LogP contribution in [0.2, 0.25) is 0 Å². The van der Waals surface area contributed by atoms with Crippen LogP contribution in [0.5, 0.6) is 0 Å². The van der Waals surface area contributed by atoms with E-state index in [2.05, 4.69) is 15.0 Å². The smallest absolute Gasteiger partial charge is 0.341 e. The van der Waals surface area contributed by atoms with E-state index < -0.39 is 5.97 Å². The Bertz CT molecular complexity index is 551. The van der Waals surface area contributed by atoms with Crippen LogP contribution in [0, 0.1) is 6.92 Å². The summed E-state index contributed by atoms with van der Waals surface area (Å²) in [6, 6.07) is 3.83. The number of aryl methyl sites for hydroxylation is 1. The summed E-state index contributed by atoms with van der Waals surface area (Å²) in [4.78, 5) is 24.1. The van der Waals surface area contributed by atoms with Crippen molar-refractivity contribution in [2.45, 2.75) is 13.5 Å². The molecule has 2 aromatic rings. The van der Waals surface area contributed by atoms with E-state index in [4.69, 9.17) is 5.11 Å². The van der Waals surface area contributed by atoms with Crippen molar-refractivity contribution in [3.63, 3.8) is 0 Å². The van der Waals surface area contributed by atoms with Gasteiger partial charge in [-0.2, -0.15) is 0 Å². The zero-order valence-corrected chi connectivity index (χ0v) is 10.2. The van der Waals surface area contributed by atoms with Gasteiger partial charge in [0.05, 0.1) is 6.54 Å². The molecule has 0 aliphatic heterocycles. The molecule has 0 fully saturated rings. The van der Waals surface area contributed by atoms with Gasteiger partial charge in [0.2, 0.25) is 0 Å². The molecule has 2 N–H and O–H groups in total. The molecule has 0 saturated carbocycles. The Kier molecular flexibility index (Phi) is 3.27. The van der Waals surface area contributed by atoms with E-state index in [1.807, 2.05) is 18.3 Å². The molecular weight excluding hydrogens is 232 g/mol. The molecule has 6 nitrogen and oxygen atoms in total. The third-order valence-electron chi connectivity index (χ3n) is 2.55. The highest BCUT2D eigenvalue weighted by Crippen LogP contribution is 2.17. The molecule has 0 aliphatic carbocycles. The molecule has 0 atom stereocenters. The average Bonchev–Trinajstić information content (AvgIpc) is 2.81. The Morgan fingerprint density at radius 1 is 1.56 bits per heavy atom. The minimum atomic E-state index is -1.02. The molecule has 0 spiro atoms. The van der Waals surface area contributed by atoms with Gasteiger partial charge in [-0.05, 0) is 19.1 Å². The van der Waals surface area contributed by atoms with Crippen LogP contribution in [0.3, 0.4) is 0 Å². The molecule has 2 rings (SSSR count). The molecule has 6 heteroatoms. The fourth-order valence-electron chi connectivity index (χ4n) is 1.70. The van der Waals surface area contributed by atoms with Crippen LogP contribution in [0.25, 0.3) is 0 Å². The SMILES string of the molecule is Cc1ncc(C(=O)O)c(N(C)Cc2ccc[nH]2)n1. The van der Waals surface area contributed by atoms with Crippen molar-refractivity contribution in [2.24, 2.45) is 0 Å². The van der Waals surface area contributed by atoms with E-state index in [0.29, 0.717) is 18.2 Å². The van der Waals surface area contributed by atoms with Gasteiger partial charge in [-0.25, -0.2) is 14.8 Å². The first-order valence-electron chi connectivity index (χ1n) is 5.48. The molecule has 18 heavy (non-hydrogen) atoms. The molecule has 0 radical (unpaired) electrons. The molecule has 0 bridgehead atoms. The summed E-state index contributed by atoms with van der Waals surface area (Å²) in [5, 5.41) is 9.12. The number of aromatic nitrogens is 3. The van der Waals surface area contributed by atoms with Gasteiger partial charge in [-0.15, -0.1) is 0 Å². The number of hydrogen-bond donors (Lipinski definition) is 2. The van der Waals surface area contributed by atoms with Crippen LogP contribution in [-0.2, 0) is 6.54 Å². The van der Waals surface area contributed by atoms with Gasteiger partial charge >= 0.3 is 5.97 Å². The summed E-state index contributed by atoms with van der Waals surface area (Å²) in [5.74, 6) is -0.0544. The fourth-order valence-corrected chi connectivity index (χ4v) is 1.70. The number of aromatic amines is 1. The van der Waals surface area contributed by atoms with E-state index in [9.17, 15) is 4.79 Å². The Balaban J connectivity index is 2.31. The molecule has 0 aromatic carbocycles. The molecule has 0 aliphatic rings. The Morgan fingerprint density at radius 2 is 2.33 bits per heavy atom. The van der Waals surface area contributed by atoms with Gasteiger partial charge in [0.1, 0.15) is 17.2 Å². The molecule has 94 valence electrons. The van der Waals surface area contributed by atoms with Gasteiger partial charge in [0.25, 0.3) is 0 Å². The number of carboxylic acids is 1. The minimum Gasteiger partial charge on any atom is -0.477 e. The van der Waals surface area contributed by atoms with Crippen molar-refractivity contribution >= 4 is 11.8 Å². The highest BCUT2D eigenvalue weighted by molar-refractivity contribution is 5.92. The van der Waals surface area contributed by atoms with Crippen molar-refractivity contribution in [1.82, 2.24) is 15.0 Å². The normalized spacial score (nSPS) is 10.3. The molecule has 0 saturated heterocycles. The number of carboxylic acid groups (broad SMARTS) is 1. The third kappa shape index (κ3) is 2.48. The number of nitrogens with one attached hydrogen (secondary N) is 1. The van der Waals surface area contributed by atoms with E-state index >= 15 is 0 Å². The lowest BCUT2D eigenvalue weighted by molar-refractivity contribution is 0.0696. The van der Waals surface area contributed by atoms with Crippen molar-refractivity contribution in [2.75, 3.05) is 11.9 Å². The monoisotopic (exact) mass is 246 g/mol. The van der Waals surface area contributed by atoms with E-state index in [1.54, 1.807) is 18.9 Å². The van der Waals surface area contributed by atoms with Crippen LogP contribution >= 0.6 is 0 Å². The van der Waals surface area contributed by atoms with Crippen molar-refractivity contribution in [1.29, 1.82) is 0 Å². The second-order valence-corrected chi connectivity index (χ2v) is 4.01. The van der Waals surface area contributed by atoms with Crippen LogP contribution in [0.15, 0.2) is 24.5 Å². The second kappa shape index (κ2) is 4.87. The maximum Gasteiger partial charge on any atom is 0.341 e. The first-order chi connectivity index (χ1) is 8.58. The predicted octanol–water partition coefficient (Wildman–Crippen LogP) is 1.45. The minimum absolute atomic E-state index is 0.106. The Labute approximate surface area is 104 Å². The third-order valence-corrected chi connectivity index (χ3v) is 2.55. The Hall–Kier alpha value is -2.37. The standard InChI is InChI=1S/C12H14N4O2/c1-8-14-6-10(12(17)18)11(15-8)16(2)7-9-4-3-5-13-9/h3-6,13H,7H2,1-2H3,(H,17,18). The summed E-state index contributed by atoms with van der Waals surface area (Å²) >= 11 is 0. The first-order valence-corrected chi connectivity index (χ1v) is 5.48. The number of H-pyrrole nitrogens is 1. The number of nitrogens with zero attached hydrogens (tertiary/aromatic N) is 3. The van der Waals surface area contributed by atoms with Gasteiger partial charge in [-0.3, -0.25) is 0 Å². The quantitative estimate of drug-likeness (QED) is 0.853. The van der Waals surface area contributed by atoms with Gasteiger partial charge in [0.15, 0.2) is 0 Å². The lowest BCUT2D eigenvalue weighted by Crippen LogP contribution is -2.21. The van der Waals surface area contributed by atoms with Gasteiger partial charge < -0.3 is 15.0 Å². The number of carbonyl (C=O) groups is 1. The predicted molar refractivity (Wildman–Crippen MR) is 66.6 cm³/mol. The van der Waals surface area contributed by atoms with Crippen LogP contribution in [0.4, 0.5) is 5.82 Å². The number of aromatic carboxylic acids is 1. The summed E-state index contributed by atoms with van der Waals surface area (Å²) in [6.45, 7) is 2.29. The lowest BCUT2D eigenvalue weighted by Gasteiger charge is -2.19. The second-order valence-electron chi connectivity index (χ2n) is 4.01. The fraction of sp³-hybridized carbons (Fsp3) is 0.250. The maximum atomic E-state index is 11.1. The zero-order valence-electron chi connectivity index (χ0n) is 10.2. The molecule has 2 aromatic heterocycles. The number of hydrogen-bond acceptors (Lipinski definition) is 4. The van der Waals surface area contributed by atoms with E-state index in [0.717, 1.165) is 5.69 Å². The largest absolute Gasteiger partial charge is 0.477 e. The maximum absolute atomic E-state index is 11.1. The van der Waals surface area contributed by atoms with E-state index in [-0.39, 0.29) is 5.56 Å². The van der Waals surface area contributed by atoms with Gasteiger partial charge in [0, 0.05) is 25.1 Å². The summed E-state index contributed by atoms with van der Waals surface area (Å²) in [6.07, 6.45) is 3.16. The van der Waals surface area contributed by atoms with Crippen LogP contribution in [0.1, 0.15) is 21.9 Å². The topological polar surface area (TPSA) is 82.1 Å². The zero-order chi connectivity index (χ0) is 13.1. The van der Waals surface area contributed by atoms with Crippen molar-refractivity contribution < 1.29 is 9.90 Å². The lowest BCUT2D eigenvalue weighted by atomic mass is 10.3. The molecule has 2 heterocycles. The number of anilines is 1. The van der Waals surface area contributed by atoms with Gasteiger partial charge in [-0.1, -0.05) is 0 Å². The van der Waals surface area contributed by atoms with Crippen molar-refractivity contribution in [3.05, 3.63) is 41.6 Å². The number of rotatable bonds is 4. The molecule has 0 amide bonds. The van der Waals surface area contributed by atoms with Crippen molar-refractivity contribution in [3.8, 4) is 0 Å².